The van der Waals surface area contributed by atoms with Gasteiger partial charge in [-0.2, -0.15) is 0 Å². The average Bonchev–Trinajstić information content (AvgIpc) is 3.87. The number of nitrogens with one attached hydrogen (secondary N) is 3. The molecule has 264 valence electrons. The molecule has 4 heterocycles. The molecule has 5 rings (SSSR count). The first kappa shape index (κ1) is 36.1. The minimum atomic E-state index is -0.702. The van der Waals surface area contributed by atoms with E-state index in [-0.39, 0.29) is 35.9 Å². The molecule has 1 aromatic carbocycles. The maximum absolute atomic E-state index is 13.5. The predicted molar refractivity (Wildman–Crippen MR) is 187 cm³/mol. The summed E-state index contributed by atoms with van der Waals surface area (Å²) in [5.74, 6) is 14.3. The Kier molecular flexibility index (Phi) is 10.9. The Balaban J connectivity index is 1.22. The highest BCUT2D eigenvalue weighted by Gasteiger charge is 2.40. The second-order valence-electron chi connectivity index (χ2n) is 14.6. The number of benzene rings is 1. The van der Waals surface area contributed by atoms with Gasteiger partial charge in [0.05, 0.1) is 31.6 Å². The van der Waals surface area contributed by atoms with E-state index in [4.69, 9.17) is 9.47 Å². The number of imidazole rings is 2. The number of carbonyl (C=O) groups excluding carboxylic acids is 3. The third-order valence-corrected chi connectivity index (χ3v) is 8.71. The maximum Gasteiger partial charge on any atom is 0.410 e. The van der Waals surface area contributed by atoms with Crippen molar-refractivity contribution in [1.29, 1.82) is 0 Å². The highest BCUT2D eigenvalue weighted by Crippen LogP contribution is 2.36. The van der Waals surface area contributed by atoms with E-state index < -0.39 is 17.7 Å². The minimum Gasteiger partial charge on any atom is -0.453 e. The van der Waals surface area contributed by atoms with Gasteiger partial charge < -0.3 is 29.7 Å². The molecule has 2 saturated heterocycles. The SMILES string of the molecule is COC(=O)NC(C(=O)N1CC(C)CC1c1ncc(C#Cc2ccc(C#Cc3cnc(C4CC(C)CN4C(=O)OC(C)(C)C)[nH]3)cc2)[nH]1)C(C)C. The van der Waals surface area contributed by atoms with Gasteiger partial charge in [0.2, 0.25) is 5.91 Å². The van der Waals surface area contributed by atoms with Crippen LogP contribution in [-0.2, 0) is 14.3 Å². The summed E-state index contributed by atoms with van der Waals surface area (Å²) >= 11 is 0. The van der Waals surface area contributed by atoms with Crippen LogP contribution in [0.4, 0.5) is 9.59 Å². The Hall–Kier alpha value is -5.23. The molecule has 12 nitrogen and oxygen atoms in total. The lowest BCUT2D eigenvalue weighted by molar-refractivity contribution is -0.135. The number of methoxy groups -OCH3 is 1. The lowest BCUT2D eigenvalue weighted by atomic mass is 10.0. The van der Waals surface area contributed by atoms with Crippen molar-refractivity contribution in [3.63, 3.8) is 0 Å². The first-order valence-corrected chi connectivity index (χ1v) is 17.1. The number of hydrogen-bond acceptors (Lipinski definition) is 7. The van der Waals surface area contributed by atoms with Crippen molar-refractivity contribution in [2.45, 2.75) is 85.0 Å². The summed E-state index contributed by atoms with van der Waals surface area (Å²) < 4.78 is 10.4. The van der Waals surface area contributed by atoms with Crippen LogP contribution >= 0.6 is 0 Å². The van der Waals surface area contributed by atoms with Crippen LogP contribution in [0.25, 0.3) is 0 Å². The molecule has 2 aliphatic rings. The largest absolute Gasteiger partial charge is 0.453 e. The molecular weight excluding hydrogens is 634 g/mol. The summed E-state index contributed by atoms with van der Waals surface area (Å²) in [6.45, 7) is 14.8. The molecule has 0 aliphatic carbocycles. The molecule has 2 aliphatic heterocycles. The van der Waals surface area contributed by atoms with Gasteiger partial charge in [-0.3, -0.25) is 9.69 Å². The number of ether oxygens (including phenoxy) is 2. The van der Waals surface area contributed by atoms with Crippen molar-refractivity contribution in [2.24, 2.45) is 17.8 Å². The molecule has 2 fully saturated rings. The second kappa shape index (κ2) is 15.1. The van der Waals surface area contributed by atoms with Gasteiger partial charge in [0, 0.05) is 24.2 Å². The van der Waals surface area contributed by atoms with Gasteiger partial charge in [-0.05, 0) is 87.5 Å². The number of aromatic nitrogens is 4. The highest BCUT2D eigenvalue weighted by atomic mass is 16.6. The molecule has 0 bridgehead atoms. The molecule has 5 atom stereocenters. The van der Waals surface area contributed by atoms with E-state index in [1.807, 2.05) is 58.9 Å². The molecule has 12 heteroatoms. The summed E-state index contributed by atoms with van der Waals surface area (Å²) in [4.78, 5) is 57.5. The molecule has 3 aromatic rings. The molecule has 50 heavy (non-hydrogen) atoms. The molecule has 2 aromatic heterocycles. The zero-order valence-electron chi connectivity index (χ0n) is 30.1. The summed E-state index contributed by atoms with van der Waals surface area (Å²) in [7, 11) is 1.28. The van der Waals surface area contributed by atoms with E-state index in [2.05, 4.69) is 62.8 Å². The summed E-state index contributed by atoms with van der Waals surface area (Å²) in [6.07, 6.45) is 3.96. The van der Waals surface area contributed by atoms with Crippen molar-refractivity contribution < 1.29 is 23.9 Å². The summed E-state index contributed by atoms with van der Waals surface area (Å²) in [6, 6.07) is 6.50. The van der Waals surface area contributed by atoms with Gasteiger partial charge in [-0.15, -0.1) is 0 Å². The van der Waals surface area contributed by atoms with E-state index in [9.17, 15) is 14.4 Å². The Morgan fingerprint density at radius 1 is 0.840 bits per heavy atom. The number of likely N-dealkylation sites (tertiary alicyclic amines) is 2. The third-order valence-electron chi connectivity index (χ3n) is 8.71. The monoisotopic (exact) mass is 681 g/mol. The van der Waals surface area contributed by atoms with Crippen LogP contribution in [0.15, 0.2) is 36.7 Å². The quantitative estimate of drug-likeness (QED) is 0.300. The van der Waals surface area contributed by atoms with E-state index in [0.29, 0.717) is 42.0 Å². The van der Waals surface area contributed by atoms with Crippen LogP contribution in [0.3, 0.4) is 0 Å². The van der Waals surface area contributed by atoms with Gasteiger partial charge in [0.1, 0.15) is 34.7 Å². The van der Waals surface area contributed by atoms with Gasteiger partial charge >= 0.3 is 12.2 Å². The number of alkyl carbamates (subject to hydrolysis) is 1. The molecule has 0 saturated carbocycles. The Morgan fingerprint density at radius 3 is 1.78 bits per heavy atom. The molecule has 3 N–H and O–H groups in total. The van der Waals surface area contributed by atoms with E-state index in [1.54, 1.807) is 22.2 Å². The number of amides is 3. The van der Waals surface area contributed by atoms with Gasteiger partial charge in [0.15, 0.2) is 0 Å². The third kappa shape index (κ3) is 8.86. The fraction of sp³-hybridized carbons (Fsp3) is 0.500. The second-order valence-corrected chi connectivity index (χ2v) is 14.6. The average molecular weight is 682 g/mol. The van der Waals surface area contributed by atoms with Gasteiger partial charge in [-0.1, -0.05) is 39.5 Å². The number of nitrogens with zero attached hydrogens (tertiary/aromatic N) is 4. The fourth-order valence-corrected chi connectivity index (χ4v) is 6.31. The summed E-state index contributed by atoms with van der Waals surface area (Å²) in [5, 5.41) is 2.68. The molecule has 0 spiro atoms. The summed E-state index contributed by atoms with van der Waals surface area (Å²) in [5.41, 5.74) is 2.37. The predicted octanol–water partition coefficient (Wildman–Crippen LogP) is 5.54. The molecule has 5 unspecified atom stereocenters. The van der Waals surface area contributed by atoms with Crippen molar-refractivity contribution in [3.8, 4) is 23.7 Å². The number of carbonyl (C=O) groups is 3. The fourth-order valence-electron chi connectivity index (χ4n) is 6.31. The lowest BCUT2D eigenvalue weighted by Crippen LogP contribution is -2.51. The van der Waals surface area contributed by atoms with Crippen LogP contribution in [0, 0.1) is 41.4 Å². The van der Waals surface area contributed by atoms with Crippen molar-refractivity contribution in [1.82, 2.24) is 35.1 Å². The Labute approximate surface area is 294 Å². The Morgan fingerprint density at radius 2 is 1.32 bits per heavy atom. The zero-order valence-corrected chi connectivity index (χ0v) is 30.1. The topological polar surface area (TPSA) is 146 Å². The first-order valence-electron chi connectivity index (χ1n) is 17.1. The van der Waals surface area contributed by atoms with Crippen LogP contribution in [-0.4, -0.2) is 79.7 Å². The number of aromatic amines is 2. The van der Waals surface area contributed by atoms with Crippen LogP contribution in [0.2, 0.25) is 0 Å². The van der Waals surface area contributed by atoms with E-state index in [1.165, 1.54) is 7.11 Å². The van der Waals surface area contributed by atoms with Crippen LogP contribution < -0.4 is 5.32 Å². The maximum atomic E-state index is 13.5. The molecular formula is C38H47N7O5. The highest BCUT2D eigenvalue weighted by molar-refractivity contribution is 5.86. The first-order chi connectivity index (χ1) is 23.7. The van der Waals surface area contributed by atoms with Crippen LogP contribution in [0.5, 0.6) is 0 Å². The number of hydrogen-bond donors (Lipinski definition) is 3. The van der Waals surface area contributed by atoms with E-state index >= 15 is 0 Å². The van der Waals surface area contributed by atoms with Crippen molar-refractivity contribution >= 4 is 18.1 Å². The van der Waals surface area contributed by atoms with Gasteiger partial charge in [-0.25, -0.2) is 19.6 Å². The van der Waals surface area contributed by atoms with Crippen LogP contribution in [0.1, 0.15) is 108 Å². The van der Waals surface area contributed by atoms with E-state index in [0.717, 1.165) is 24.0 Å². The zero-order chi connectivity index (χ0) is 36.2. The molecule has 0 radical (unpaired) electrons. The number of H-pyrrole nitrogens is 2. The molecule has 3 amide bonds. The lowest BCUT2D eigenvalue weighted by Gasteiger charge is -2.30. The normalized spacial score (nSPS) is 20.8. The number of rotatable bonds is 5. The smallest absolute Gasteiger partial charge is 0.410 e. The van der Waals surface area contributed by atoms with Crippen molar-refractivity contribution in [2.75, 3.05) is 20.2 Å². The minimum absolute atomic E-state index is 0.115. The van der Waals surface area contributed by atoms with Crippen molar-refractivity contribution in [3.05, 3.63) is 70.8 Å². The standard InChI is InChI=1S/C38H47N7O5/c1-23(2)32(43-36(47)49-8)35(46)44-21-24(3)17-30(44)33-39-19-28(41-33)15-13-26-9-11-27(12-10-26)14-16-29-20-40-34(42-29)31-18-25(4)22-45(31)37(48)50-38(5,6)7/h9-12,19-20,23-25,30-32H,17-18,21-22H2,1-8H3,(H,39,41)(H,40,42)(H,43,47). The van der Waals surface area contributed by atoms with Gasteiger partial charge in [0.25, 0.3) is 0 Å². The Bertz CT molecular complexity index is 1810.